The summed E-state index contributed by atoms with van der Waals surface area (Å²) >= 11 is 0. The lowest BCUT2D eigenvalue weighted by Gasteiger charge is -2.12. The molecule has 2 rings (SSSR count). The molecule has 0 aromatic heterocycles. The summed E-state index contributed by atoms with van der Waals surface area (Å²) in [5.41, 5.74) is 2.65. The molecule has 0 bridgehead atoms. The zero-order chi connectivity index (χ0) is 16.3. The number of allylic oxidation sites excluding steroid dienone is 1. The van der Waals surface area contributed by atoms with Gasteiger partial charge in [-0.1, -0.05) is 42.0 Å². The quantitative estimate of drug-likeness (QED) is 0.462. The molecule has 23 heavy (non-hydrogen) atoms. The van der Waals surface area contributed by atoms with E-state index in [0.717, 1.165) is 32.1 Å². The second kappa shape index (κ2) is 9.82. The Balaban J connectivity index is 1.55. The number of carbonyl (C=O) groups excluding carboxylic acids is 2. The zero-order valence-electron chi connectivity index (χ0n) is 13.6. The van der Waals surface area contributed by atoms with Crippen molar-refractivity contribution in [3.05, 3.63) is 47.5 Å². The van der Waals surface area contributed by atoms with Crippen molar-refractivity contribution in [3.63, 3.8) is 0 Å². The minimum Gasteiger partial charge on any atom is -0.348 e. The summed E-state index contributed by atoms with van der Waals surface area (Å²) in [5.74, 6) is -1.06. The molecule has 2 amide bonds. The third kappa shape index (κ3) is 6.68. The van der Waals surface area contributed by atoms with Gasteiger partial charge in [0.05, 0.1) is 0 Å². The highest BCUT2D eigenvalue weighted by Gasteiger charge is 2.12. The summed E-state index contributed by atoms with van der Waals surface area (Å²) in [6.07, 6.45) is 9.62. The highest BCUT2D eigenvalue weighted by molar-refractivity contribution is 6.35. The second-order valence-electron chi connectivity index (χ2n) is 5.96. The van der Waals surface area contributed by atoms with Crippen LogP contribution in [0.1, 0.15) is 44.1 Å². The first kappa shape index (κ1) is 17.3. The van der Waals surface area contributed by atoms with Gasteiger partial charge in [-0.05, 0) is 50.5 Å². The fourth-order valence-electron chi connectivity index (χ4n) is 2.77. The monoisotopic (exact) mass is 314 g/mol. The van der Waals surface area contributed by atoms with Gasteiger partial charge in [-0.25, -0.2) is 0 Å². The molecule has 0 aliphatic heterocycles. The van der Waals surface area contributed by atoms with Crippen LogP contribution in [0.15, 0.2) is 42.0 Å². The SMILES string of the molecule is O=C(NCCCc1ccccc1)C(=O)NCCC1=CCCCC1. The van der Waals surface area contributed by atoms with E-state index in [4.69, 9.17) is 0 Å². The van der Waals surface area contributed by atoms with E-state index >= 15 is 0 Å². The molecule has 0 atom stereocenters. The first-order valence-corrected chi connectivity index (χ1v) is 8.53. The normalized spacial score (nSPS) is 14.0. The summed E-state index contributed by atoms with van der Waals surface area (Å²) in [5, 5.41) is 5.37. The van der Waals surface area contributed by atoms with Crippen LogP contribution in [-0.4, -0.2) is 24.9 Å². The van der Waals surface area contributed by atoms with Crippen molar-refractivity contribution in [2.75, 3.05) is 13.1 Å². The van der Waals surface area contributed by atoms with E-state index in [1.807, 2.05) is 18.2 Å². The molecule has 4 heteroatoms. The number of amides is 2. The second-order valence-corrected chi connectivity index (χ2v) is 5.96. The Morgan fingerprint density at radius 2 is 1.65 bits per heavy atom. The molecule has 1 aromatic rings. The van der Waals surface area contributed by atoms with Crippen molar-refractivity contribution in [1.29, 1.82) is 0 Å². The molecule has 0 radical (unpaired) electrons. The molecular weight excluding hydrogens is 288 g/mol. The fourth-order valence-corrected chi connectivity index (χ4v) is 2.77. The molecule has 2 N–H and O–H groups in total. The Morgan fingerprint density at radius 1 is 0.913 bits per heavy atom. The van der Waals surface area contributed by atoms with Crippen LogP contribution in [0.2, 0.25) is 0 Å². The van der Waals surface area contributed by atoms with Gasteiger partial charge >= 0.3 is 11.8 Å². The number of benzene rings is 1. The molecule has 0 unspecified atom stereocenters. The first-order chi connectivity index (χ1) is 11.3. The lowest BCUT2D eigenvalue weighted by atomic mass is 9.97. The minimum atomic E-state index is -0.532. The van der Waals surface area contributed by atoms with Crippen LogP contribution in [0, 0.1) is 0 Å². The third-order valence-corrected chi connectivity index (χ3v) is 4.09. The van der Waals surface area contributed by atoms with Gasteiger partial charge in [-0.3, -0.25) is 9.59 Å². The maximum atomic E-state index is 11.7. The molecule has 0 fully saturated rings. The summed E-state index contributed by atoms with van der Waals surface area (Å²) in [6.45, 7) is 1.06. The Morgan fingerprint density at radius 3 is 2.35 bits per heavy atom. The van der Waals surface area contributed by atoms with Gasteiger partial charge in [0.15, 0.2) is 0 Å². The first-order valence-electron chi connectivity index (χ1n) is 8.53. The van der Waals surface area contributed by atoms with Gasteiger partial charge < -0.3 is 10.6 Å². The van der Waals surface area contributed by atoms with E-state index in [9.17, 15) is 9.59 Å². The minimum absolute atomic E-state index is 0.520. The fraction of sp³-hybridized carbons (Fsp3) is 0.474. The number of nitrogens with one attached hydrogen (secondary N) is 2. The average Bonchev–Trinajstić information content (AvgIpc) is 2.60. The Bertz CT molecular complexity index is 538. The van der Waals surface area contributed by atoms with Crippen molar-refractivity contribution in [1.82, 2.24) is 10.6 Å². The van der Waals surface area contributed by atoms with Crippen LogP contribution in [0.5, 0.6) is 0 Å². The molecule has 0 saturated carbocycles. The number of rotatable bonds is 7. The van der Waals surface area contributed by atoms with E-state index in [1.54, 1.807) is 0 Å². The maximum Gasteiger partial charge on any atom is 0.309 e. The molecule has 0 spiro atoms. The molecule has 0 heterocycles. The van der Waals surface area contributed by atoms with Crippen LogP contribution in [0.4, 0.5) is 0 Å². The van der Waals surface area contributed by atoms with Crippen LogP contribution in [0.25, 0.3) is 0 Å². The largest absolute Gasteiger partial charge is 0.348 e. The van der Waals surface area contributed by atoms with Crippen molar-refractivity contribution in [2.24, 2.45) is 0 Å². The highest BCUT2D eigenvalue weighted by atomic mass is 16.2. The van der Waals surface area contributed by atoms with E-state index in [0.29, 0.717) is 13.1 Å². The van der Waals surface area contributed by atoms with Crippen LogP contribution in [0.3, 0.4) is 0 Å². The predicted octanol–water partition coefficient (Wildman–Crippen LogP) is 2.74. The number of hydrogen-bond acceptors (Lipinski definition) is 2. The van der Waals surface area contributed by atoms with Gasteiger partial charge in [0.1, 0.15) is 0 Å². The molecule has 1 aliphatic carbocycles. The predicted molar refractivity (Wildman–Crippen MR) is 92.0 cm³/mol. The summed E-state index contributed by atoms with van der Waals surface area (Å²) in [7, 11) is 0. The number of aryl methyl sites for hydroxylation is 1. The molecule has 4 nitrogen and oxygen atoms in total. The van der Waals surface area contributed by atoms with Crippen LogP contribution < -0.4 is 10.6 Å². The Hall–Kier alpha value is -2.10. The van der Waals surface area contributed by atoms with Crippen molar-refractivity contribution in [2.45, 2.75) is 44.9 Å². The van der Waals surface area contributed by atoms with Crippen molar-refractivity contribution in [3.8, 4) is 0 Å². The molecule has 0 saturated heterocycles. The van der Waals surface area contributed by atoms with E-state index in [2.05, 4.69) is 28.8 Å². The summed E-state index contributed by atoms with van der Waals surface area (Å²) in [4.78, 5) is 23.4. The maximum absolute atomic E-state index is 11.7. The lowest BCUT2D eigenvalue weighted by molar-refractivity contribution is -0.139. The smallest absolute Gasteiger partial charge is 0.309 e. The average molecular weight is 314 g/mol. The molecule has 124 valence electrons. The van der Waals surface area contributed by atoms with E-state index in [1.165, 1.54) is 24.0 Å². The molecule has 1 aliphatic rings. The van der Waals surface area contributed by atoms with Crippen molar-refractivity contribution < 1.29 is 9.59 Å². The Kier molecular flexibility index (Phi) is 7.37. The zero-order valence-corrected chi connectivity index (χ0v) is 13.6. The summed E-state index contributed by atoms with van der Waals surface area (Å²) in [6, 6.07) is 10.1. The van der Waals surface area contributed by atoms with E-state index < -0.39 is 11.8 Å². The molecule has 1 aromatic carbocycles. The highest BCUT2D eigenvalue weighted by Crippen LogP contribution is 2.19. The van der Waals surface area contributed by atoms with Crippen LogP contribution >= 0.6 is 0 Å². The van der Waals surface area contributed by atoms with Crippen molar-refractivity contribution >= 4 is 11.8 Å². The standard InChI is InChI=1S/C19H26N2O2/c22-18(20-14-7-12-16-8-3-1-4-9-16)19(23)21-15-13-17-10-5-2-6-11-17/h1,3-4,8-10H,2,5-7,11-15H2,(H,20,22)(H,21,23). The Labute approximate surface area is 138 Å². The summed E-state index contributed by atoms with van der Waals surface area (Å²) < 4.78 is 0. The number of hydrogen-bond donors (Lipinski definition) is 2. The number of carbonyl (C=O) groups is 2. The van der Waals surface area contributed by atoms with Gasteiger partial charge in [-0.2, -0.15) is 0 Å². The van der Waals surface area contributed by atoms with Gasteiger partial charge in [0, 0.05) is 13.1 Å². The van der Waals surface area contributed by atoms with Gasteiger partial charge in [0.2, 0.25) is 0 Å². The van der Waals surface area contributed by atoms with Crippen LogP contribution in [-0.2, 0) is 16.0 Å². The van der Waals surface area contributed by atoms with E-state index in [-0.39, 0.29) is 0 Å². The molecular formula is C19H26N2O2. The van der Waals surface area contributed by atoms with Gasteiger partial charge in [0.25, 0.3) is 0 Å². The van der Waals surface area contributed by atoms with Gasteiger partial charge in [-0.15, -0.1) is 0 Å². The topological polar surface area (TPSA) is 58.2 Å². The third-order valence-electron chi connectivity index (χ3n) is 4.09. The lowest BCUT2D eigenvalue weighted by Crippen LogP contribution is -2.40.